The third kappa shape index (κ3) is 3.67. The molecule has 1 amide bonds. The Bertz CT molecular complexity index is 923. The van der Waals surface area contributed by atoms with E-state index in [0.29, 0.717) is 6.04 Å². The Hall–Kier alpha value is -1.95. The van der Waals surface area contributed by atoms with E-state index in [4.69, 9.17) is 10.1 Å². The molecule has 2 aliphatic rings. The van der Waals surface area contributed by atoms with Crippen molar-refractivity contribution in [2.24, 2.45) is 0 Å². The molecule has 6 nitrogen and oxygen atoms in total. The lowest BCUT2D eigenvalue weighted by Crippen LogP contribution is -2.56. The molecule has 1 atom stereocenters. The maximum absolute atomic E-state index is 13.7. The second kappa shape index (κ2) is 7.38. The molecule has 29 heavy (non-hydrogen) atoms. The van der Waals surface area contributed by atoms with Gasteiger partial charge in [-0.15, -0.1) is 0 Å². The fourth-order valence-electron chi connectivity index (χ4n) is 4.75. The van der Waals surface area contributed by atoms with Crippen LogP contribution in [0.1, 0.15) is 81.5 Å². The maximum Gasteiger partial charge on any atom is 0.254 e. The molecule has 0 aliphatic carbocycles. The van der Waals surface area contributed by atoms with Gasteiger partial charge in [-0.05, 0) is 59.1 Å². The number of nitrogens with zero attached hydrogens (tertiary/aromatic N) is 5. The Morgan fingerprint density at radius 1 is 1.17 bits per heavy atom. The number of carbonyl (C=O) groups is 1. The molecular weight excluding hydrogens is 362 g/mol. The van der Waals surface area contributed by atoms with Gasteiger partial charge < -0.3 is 4.90 Å². The average molecular weight is 398 g/mol. The number of piperazine rings is 1. The summed E-state index contributed by atoms with van der Waals surface area (Å²) in [4.78, 5) is 23.3. The topological polar surface area (TPSA) is 54.3 Å². The normalized spacial score (nSPS) is 21.1. The van der Waals surface area contributed by atoms with Gasteiger partial charge in [-0.1, -0.05) is 20.3 Å². The number of hydrogen-bond donors (Lipinski definition) is 0. The number of fused-ring (bicyclic) bond motifs is 2. The number of carbonyl (C=O) groups excluding carboxylic acids is 1. The summed E-state index contributed by atoms with van der Waals surface area (Å²) in [5.41, 5.74) is 3.26. The van der Waals surface area contributed by atoms with Gasteiger partial charge in [-0.2, -0.15) is 5.10 Å². The maximum atomic E-state index is 13.7. The van der Waals surface area contributed by atoms with Gasteiger partial charge >= 0.3 is 0 Å². The van der Waals surface area contributed by atoms with E-state index < -0.39 is 0 Å². The van der Waals surface area contributed by atoms with Crippen LogP contribution < -0.4 is 0 Å². The lowest BCUT2D eigenvalue weighted by atomic mass is 9.98. The molecule has 0 radical (unpaired) electrons. The number of hydrogen-bond acceptors (Lipinski definition) is 4. The fraction of sp³-hybridized carbons (Fsp3) is 0.696. The predicted octanol–water partition coefficient (Wildman–Crippen LogP) is 3.93. The lowest BCUT2D eigenvalue weighted by Gasteiger charge is -2.44. The van der Waals surface area contributed by atoms with Crippen molar-refractivity contribution in [2.45, 2.75) is 78.3 Å². The number of aryl methyl sites for hydroxylation is 1. The van der Waals surface area contributed by atoms with E-state index in [1.54, 1.807) is 0 Å². The number of piperidine rings is 1. The standard InChI is InChI=1S/C23H35N5O/c1-15(2)19-13-18(20-16(3)25-28(21(20)24-19)23(4,5)6)22(29)27-12-11-26-10-8-7-9-17(26)14-27/h13,15,17H,7-12,14H2,1-6H3. The van der Waals surface area contributed by atoms with E-state index in [9.17, 15) is 4.79 Å². The monoisotopic (exact) mass is 397 g/mol. The highest BCUT2D eigenvalue weighted by Crippen LogP contribution is 2.30. The summed E-state index contributed by atoms with van der Waals surface area (Å²) in [7, 11) is 0. The van der Waals surface area contributed by atoms with Gasteiger partial charge in [0.05, 0.1) is 22.2 Å². The molecule has 2 aromatic rings. The first kappa shape index (κ1) is 20.3. The minimum absolute atomic E-state index is 0.140. The highest BCUT2D eigenvalue weighted by Gasteiger charge is 2.33. The molecular formula is C23H35N5O. The molecule has 0 spiro atoms. The van der Waals surface area contributed by atoms with Crippen molar-refractivity contribution < 1.29 is 4.79 Å². The molecule has 0 bridgehead atoms. The van der Waals surface area contributed by atoms with Crippen LogP contribution in [0.2, 0.25) is 0 Å². The van der Waals surface area contributed by atoms with Gasteiger partial charge in [0, 0.05) is 31.4 Å². The number of pyridine rings is 1. The zero-order valence-corrected chi connectivity index (χ0v) is 18.8. The largest absolute Gasteiger partial charge is 0.336 e. The van der Waals surface area contributed by atoms with Crippen LogP contribution in [0.3, 0.4) is 0 Å². The first-order valence-electron chi connectivity index (χ1n) is 11.1. The van der Waals surface area contributed by atoms with Crippen LogP contribution in [0.5, 0.6) is 0 Å². The minimum atomic E-state index is -0.191. The molecule has 0 saturated carbocycles. The third-order valence-electron chi connectivity index (χ3n) is 6.41. The van der Waals surface area contributed by atoms with Gasteiger partial charge in [-0.3, -0.25) is 9.69 Å². The van der Waals surface area contributed by atoms with E-state index in [2.05, 4.69) is 44.4 Å². The molecule has 4 rings (SSSR count). The van der Waals surface area contributed by atoms with Crippen LogP contribution in [0.25, 0.3) is 11.0 Å². The van der Waals surface area contributed by atoms with Crippen molar-refractivity contribution in [3.8, 4) is 0 Å². The molecule has 6 heteroatoms. The highest BCUT2D eigenvalue weighted by atomic mass is 16.2. The molecule has 1 unspecified atom stereocenters. The first-order valence-corrected chi connectivity index (χ1v) is 11.1. The van der Waals surface area contributed by atoms with Gasteiger partial charge in [0.1, 0.15) is 0 Å². The van der Waals surface area contributed by atoms with Crippen molar-refractivity contribution in [1.29, 1.82) is 0 Å². The lowest BCUT2D eigenvalue weighted by molar-refractivity contribution is 0.0374. The molecule has 0 N–H and O–H groups in total. The van der Waals surface area contributed by atoms with Crippen LogP contribution in [0, 0.1) is 6.92 Å². The summed E-state index contributed by atoms with van der Waals surface area (Å²) in [6.07, 6.45) is 3.77. The van der Waals surface area contributed by atoms with Crippen molar-refractivity contribution >= 4 is 16.9 Å². The van der Waals surface area contributed by atoms with Crippen LogP contribution >= 0.6 is 0 Å². The Kier molecular flexibility index (Phi) is 5.18. The van der Waals surface area contributed by atoms with Crippen LogP contribution in [0.15, 0.2) is 6.07 Å². The Balaban J connectivity index is 1.78. The molecule has 2 aromatic heterocycles. The summed E-state index contributed by atoms with van der Waals surface area (Å²) in [6.45, 7) is 16.5. The van der Waals surface area contributed by atoms with Gasteiger partial charge in [0.25, 0.3) is 5.91 Å². The first-order chi connectivity index (χ1) is 13.7. The quantitative estimate of drug-likeness (QED) is 0.770. The van der Waals surface area contributed by atoms with E-state index in [1.165, 1.54) is 25.8 Å². The van der Waals surface area contributed by atoms with Crippen molar-refractivity contribution in [3.63, 3.8) is 0 Å². The minimum Gasteiger partial charge on any atom is -0.336 e. The Morgan fingerprint density at radius 2 is 1.93 bits per heavy atom. The molecule has 2 saturated heterocycles. The molecule has 4 heterocycles. The van der Waals surface area contributed by atoms with Crippen LogP contribution in [0.4, 0.5) is 0 Å². The summed E-state index contributed by atoms with van der Waals surface area (Å²) in [5, 5.41) is 5.71. The SMILES string of the molecule is Cc1nn(C(C)(C)C)c2nc(C(C)C)cc(C(=O)N3CCN4CCCCC4C3)c12. The molecule has 2 aliphatic heterocycles. The van der Waals surface area contributed by atoms with E-state index >= 15 is 0 Å². The second-order valence-corrected chi connectivity index (χ2v) is 10.1. The van der Waals surface area contributed by atoms with Crippen molar-refractivity contribution in [3.05, 3.63) is 23.0 Å². The van der Waals surface area contributed by atoms with Crippen LogP contribution in [-0.4, -0.2) is 62.7 Å². The Morgan fingerprint density at radius 3 is 2.62 bits per heavy atom. The smallest absolute Gasteiger partial charge is 0.254 e. The summed E-state index contributed by atoms with van der Waals surface area (Å²) in [5.74, 6) is 0.394. The second-order valence-electron chi connectivity index (χ2n) is 10.1. The molecule has 0 aromatic carbocycles. The van der Waals surface area contributed by atoms with Crippen LogP contribution in [-0.2, 0) is 5.54 Å². The zero-order chi connectivity index (χ0) is 20.9. The number of rotatable bonds is 2. The summed E-state index contributed by atoms with van der Waals surface area (Å²) in [6, 6.07) is 2.53. The van der Waals surface area contributed by atoms with Gasteiger partial charge in [0.15, 0.2) is 5.65 Å². The third-order valence-corrected chi connectivity index (χ3v) is 6.41. The average Bonchev–Trinajstić information content (AvgIpc) is 3.03. The van der Waals surface area contributed by atoms with E-state index in [1.807, 2.05) is 17.7 Å². The van der Waals surface area contributed by atoms with Crippen molar-refractivity contribution in [1.82, 2.24) is 24.6 Å². The summed E-state index contributed by atoms with van der Waals surface area (Å²) >= 11 is 0. The highest BCUT2D eigenvalue weighted by molar-refractivity contribution is 6.06. The van der Waals surface area contributed by atoms with Gasteiger partial charge in [-0.25, -0.2) is 9.67 Å². The predicted molar refractivity (Wildman–Crippen MR) is 116 cm³/mol. The van der Waals surface area contributed by atoms with E-state index in [0.717, 1.165) is 47.6 Å². The fourth-order valence-corrected chi connectivity index (χ4v) is 4.75. The number of aromatic nitrogens is 3. The van der Waals surface area contributed by atoms with Gasteiger partial charge in [0.2, 0.25) is 0 Å². The summed E-state index contributed by atoms with van der Waals surface area (Å²) < 4.78 is 1.99. The number of amides is 1. The zero-order valence-electron chi connectivity index (χ0n) is 18.8. The van der Waals surface area contributed by atoms with E-state index in [-0.39, 0.29) is 17.4 Å². The molecule has 2 fully saturated rings. The van der Waals surface area contributed by atoms with Crippen molar-refractivity contribution in [2.75, 3.05) is 26.2 Å². The Labute approximate surface area is 174 Å². The molecule has 158 valence electrons.